The maximum Gasteiger partial charge on any atom is 0.109 e. The number of aryl methyl sites for hydroxylation is 3. The fraction of sp³-hybridized carbons (Fsp3) is 0.188. The van der Waals surface area contributed by atoms with Gasteiger partial charge < -0.3 is 4.57 Å². The number of hydrogen-bond donors (Lipinski definition) is 0. The van der Waals surface area contributed by atoms with E-state index in [-0.39, 0.29) is 0 Å². The van der Waals surface area contributed by atoms with Crippen LogP contribution in [0, 0.1) is 11.3 Å². The number of aromatic nitrogens is 3. The van der Waals surface area contributed by atoms with Crippen LogP contribution in [0.4, 0.5) is 0 Å². The average molecular weight is 262 g/mol. The second-order valence-corrected chi connectivity index (χ2v) is 4.76. The van der Waals surface area contributed by atoms with Gasteiger partial charge in [0.2, 0.25) is 0 Å². The molecule has 0 aliphatic rings. The normalized spacial score (nSPS) is 10.6. The Balaban J connectivity index is 1.89. The minimum atomic E-state index is 0.668. The van der Waals surface area contributed by atoms with Crippen LogP contribution in [0.3, 0.4) is 0 Å². The first kappa shape index (κ1) is 12.4. The van der Waals surface area contributed by atoms with Gasteiger partial charge in [0.1, 0.15) is 5.82 Å². The van der Waals surface area contributed by atoms with Crippen molar-refractivity contribution in [3.05, 3.63) is 59.7 Å². The van der Waals surface area contributed by atoms with Gasteiger partial charge in [-0.3, -0.25) is 4.98 Å². The van der Waals surface area contributed by atoms with E-state index in [4.69, 9.17) is 5.26 Å². The number of fused-ring (bicyclic) bond motifs is 1. The molecule has 0 atom stereocenters. The summed E-state index contributed by atoms with van der Waals surface area (Å²) >= 11 is 0. The molecular formula is C16H14N4. The van der Waals surface area contributed by atoms with Gasteiger partial charge in [-0.1, -0.05) is 0 Å². The van der Waals surface area contributed by atoms with Crippen LogP contribution in [-0.4, -0.2) is 14.5 Å². The van der Waals surface area contributed by atoms with E-state index in [1.165, 1.54) is 5.56 Å². The van der Waals surface area contributed by atoms with Crippen molar-refractivity contribution in [3.8, 4) is 6.07 Å². The molecule has 0 aliphatic carbocycles. The van der Waals surface area contributed by atoms with Gasteiger partial charge in [0.05, 0.1) is 22.7 Å². The molecule has 0 amide bonds. The lowest BCUT2D eigenvalue weighted by molar-refractivity contribution is 0.786. The molecule has 3 rings (SSSR count). The maximum atomic E-state index is 8.96. The first-order valence-corrected chi connectivity index (χ1v) is 6.52. The van der Waals surface area contributed by atoms with Crippen LogP contribution in [0.5, 0.6) is 0 Å². The van der Waals surface area contributed by atoms with Crippen molar-refractivity contribution >= 4 is 11.0 Å². The highest BCUT2D eigenvalue weighted by Gasteiger charge is 2.08. The zero-order valence-electron chi connectivity index (χ0n) is 11.2. The van der Waals surface area contributed by atoms with E-state index >= 15 is 0 Å². The summed E-state index contributed by atoms with van der Waals surface area (Å²) in [6, 6.07) is 11.8. The Kier molecular flexibility index (Phi) is 3.18. The van der Waals surface area contributed by atoms with E-state index in [2.05, 4.69) is 20.6 Å². The smallest absolute Gasteiger partial charge is 0.109 e. The van der Waals surface area contributed by atoms with Crippen LogP contribution >= 0.6 is 0 Å². The third kappa shape index (κ3) is 2.26. The maximum absolute atomic E-state index is 8.96. The highest BCUT2D eigenvalue weighted by molar-refractivity contribution is 5.77. The predicted octanol–water partition coefficient (Wildman–Crippen LogP) is 2.63. The molecule has 0 N–H and O–H groups in total. The van der Waals surface area contributed by atoms with Crippen molar-refractivity contribution in [3.63, 3.8) is 0 Å². The molecule has 20 heavy (non-hydrogen) atoms. The molecule has 2 heterocycles. The summed E-state index contributed by atoms with van der Waals surface area (Å²) < 4.78 is 2.07. The van der Waals surface area contributed by atoms with E-state index in [9.17, 15) is 0 Å². The largest absolute Gasteiger partial charge is 0.331 e. The number of benzene rings is 1. The SMILES string of the molecule is Cn1c(CCc2ccncc2)nc2ccc(C#N)cc21. The Morgan fingerprint density at radius 2 is 1.95 bits per heavy atom. The average Bonchev–Trinajstić information content (AvgIpc) is 2.82. The van der Waals surface area contributed by atoms with Crippen LogP contribution in [0.2, 0.25) is 0 Å². The lowest BCUT2D eigenvalue weighted by atomic mass is 10.1. The molecule has 0 unspecified atom stereocenters. The van der Waals surface area contributed by atoms with Crippen LogP contribution in [0.15, 0.2) is 42.7 Å². The number of rotatable bonds is 3. The third-order valence-electron chi connectivity index (χ3n) is 3.49. The van der Waals surface area contributed by atoms with E-state index in [1.807, 2.05) is 49.8 Å². The van der Waals surface area contributed by atoms with E-state index < -0.39 is 0 Å². The third-order valence-corrected chi connectivity index (χ3v) is 3.49. The van der Waals surface area contributed by atoms with Gasteiger partial charge >= 0.3 is 0 Å². The van der Waals surface area contributed by atoms with Crippen molar-refractivity contribution in [1.29, 1.82) is 5.26 Å². The van der Waals surface area contributed by atoms with E-state index in [0.29, 0.717) is 5.56 Å². The fourth-order valence-electron chi connectivity index (χ4n) is 2.34. The summed E-state index contributed by atoms with van der Waals surface area (Å²) in [6.45, 7) is 0. The molecular weight excluding hydrogens is 248 g/mol. The van der Waals surface area contributed by atoms with E-state index in [1.54, 1.807) is 0 Å². The highest BCUT2D eigenvalue weighted by Crippen LogP contribution is 2.17. The molecule has 0 aliphatic heterocycles. The zero-order chi connectivity index (χ0) is 13.9. The summed E-state index contributed by atoms with van der Waals surface area (Å²) in [5.41, 5.74) is 3.87. The highest BCUT2D eigenvalue weighted by atomic mass is 15.1. The van der Waals surface area contributed by atoms with E-state index in [0.717, 1.165) is 29.7 Å². The Hall–Kier alpha value is -2.67. The lowest BCUT2D eigenvalue weighted by Gasteiger charge is -2.02. The molecule has 2 aromatic heterocycles. The second-order valence-electron chi connectivity index (χ2n) is 4.76. The van der Waals surface area contributed by atoms with Gasteiger partial charge in [-0.25, -0.2) is 4.98 Å². The van der Waals surface area contributed by atoms with Gasteiger partial charge in [-0.15, -0.1) is 0 Å². The molecule has 0 radical (unpaired) electrons. The van der Waals surface area contributed by atoms with Crippen LogP contribution in [-0.2, 0) is 19.9 Å². The molecule has 4 heteroatoms. The van der Waals surface area contributed by atoms with Crippen molar-refractivity contribution < 1.29 is 0 Å². The number of hydrogen-bond acceptors (Lipinski definition) is 3. The van der Waals surface area contributed by atoms with Crippen LogP contribution < -0.4 is 0 Å². The first-order valence-electron chi connectivity index (χ1n) is 6.52. The Morgan fingerprint density at radius 1 is 1.15 bits per heavy atom. The summed E-state index contributed by atoms with van der Waals surface area (Å²) in [5, 5.41) is 8.96. The topological polar surface area (TPSA) is 54.5 Å². The molecule has 4 nitrogen and oxygen atoms in total. The number of imidazole rings is 1. The van der Waals surface area contributed by atoms with Crippen molar-refractivity contribution in [1.82, 2.24) is 14.5 Å². The molecule has 0 fully saturated rings. The van der Waals surface area contributed by atoms with Crippen molar-refractivity contribution in [2.75, 3.05) is 0 Å². The van der Waals surface area contributed by atoms with Crippen molar-refractivity contribution in [2.45, 2.75) is 12.8 Å². The quantitative estimate of drug-likeness (QED) is 0.729. The number of nitrogens with zero attached hydrogens (tertiary/aromatic N) is 4. The molecule has 3 aromatic rings. The molecule has 0 bridgehead atoms. The molecule has 0 saturated heterocycles. The second kappa shape index (κ2) is 5.14. The van der Waals surface area contributed by atoms with Crippen molar-refractivity contribution in [2.24, 2.45) is 7.05 Å². The Bertz CT molecular complexity index is 781. The fourth-order valence-corrected chi connectivity index (χ4v) is 2.34. The van der Waals surface area contributed by atoms with Gasteiger partial charge in [0.15, 0.2) is 0 Å². The minimum absolute atomic E-state index is 0.668. The van der Waals surface area contributed by atoms with Gasteiger partial charge in [0, 0.05) is 25.9 Å². The Labute approximate surface area is 117 Å². The minimum Gasteiger partial charge on any atom is -0.331 e. The van der Waals surface area contributed by atoms with Gasteiger partial charge in [0.25, 0.3) is 0 Å². The van der Waals surface area contributed by atoms with Crippen LogP contribution in [0.25, 0.3) is 11.0 Å². The summed E-state index contributed by atoms with van der Waals surface area (Å²) in [7, 11) is 2.00. The number of pyridine rings is 1. The van der Waals surface area contributed by atoms with Crippen LogP contribution in [0.1, 0.15) is 17.0 Å². The predicted molar refractivity (Wildman–Crippen MR) is 77.1 cm³/mol. The first-order chi connectivity index (χ1) is 9.78. The monoisotopic (exact) mass is 262 g/mol. The summed E-state index contributed by atoms with van der Waals surface area (Å²) in [5.74, 6) is 1.03. The molecule has 0 spiro atoms. The van der Waals surface area contributed by atoms with Gasteiger partial charge in [-0.2, -0.15) is 5.26 Å². The standard InChI is InChI=1S/C16H14N4/c1-20-15-10-13(11-17)2-4-14(15)19-16(20)5-3-12-6-8-18-9-7-12/h2,4,6-10H,3,5H2,1H3. The molecule has 1 aromatic carbocycles. The zero-order valence-corrected chi connectivity index (χ0v) is 11.2. The summed E-state index contributed by atoms with van der Waals surface area (Å²) in [6.07, 6.45) is 5.43. The molecule has 0 saturated carbocycles. The number of nitriles is 1. The Morgan fingerprint density at radius 3 is 2.70 bits per heavy atom. The lowest BCUT2D eigenvalue weighted by Crippen LogP contribution is -2.00. The molecule has 98 valence electrons. The van der Waals surface area contributed by atoms with Gasteiger partial charge in [-0.05, 0) is 42.3 Å². The summed E-state index contributed by atoms with van der Waals surface area (Å²) in [4.78, 5) is 8.66.